The topological polar surface area (TPSA) is 32.3 Å². The van der Waals surface area contributed by atoms with Gasteiger partial charge >= 0.3 is 0 Å². The van der Waals surface area contributed by atoms with Crippen LogP contribution in [0.2, 0.25) is 10.0 Å². The van der Waals surface area contributed by atoms with Crippen molar-refractivity contribution in [3.05, 3.63) is 63.6 Å². The second-order valence-corrected chi connectivity index (χ2v) is 7.86. The molecule has 0 saturated carbocycles. The smallest absolute Gasteiger partial charge is 0.221 e. The Bertz CT molecular complexity index is 753. The Morgan fingerprint density at radius 3 is 2.31 bits per heavy atom. The van der Waals surface area contributed by atoms with Crippen molar-refractivity contribution in [3.8, 4) is 0 Å². The molecule has 138 valence electrons. The van der Waals surface area contributed by atoms with Crippen molar-refractivity contribution in [1.82, 2.24) is 4.90 Å². The van der Waals surface area contributed by atoms with E-state index in [1.54, 1.807) is 0 Å². The molecule has 1 fully saturated rings. The van der Waals surface area contributed by atoms with E-state index in [-0.39, 0.29) is 5.91 Å². The molecule has 1 saturated heterocycles. The van der Waals surface area contributed by atoms with Gasteiger partial charge in [-0.25, -0.2) is 0 Å². The van der Waals surface area contributed by atoms with Crippen LogP contribution in [0.4, 0.5) is 5.69 Å². The average molecular weight is 391 g/mol. The summed E-state index contributed by atoms with van der Waals surface area (Å²) in [6.45, 7) is 4.67. The third kappa shape index (κ3) is 5.47. The van der Waals surface area contributed by atoms with Crippen molar-refractivity contribution in [1.29, 1.82) is 0 Å². The number of benzene rings is 2. The molecule has 2 aromatic carbocycles. The number of carbonyl (C=O) groups is 1. The first-order chi connectivity index (χ1) is 12.5. The summed E-state index contributed by atoms with van der Waals surface area (Å²) < 4.78 is 0. The molecule has 0 unspecified atom stereocenters. The molecule has 1 amide bonds. The Morgan fingerprint density at radius 2 is 1.69 bits per heavy atom. The van der Waals surface area contributed by atoms with Gasteiger partial charge < -0.3 is 5.32 Å². The summed E-state index contributed by atoms with van der Waals surface area (Å²) in [5.74, 6) is 0.679. The van der Waals surface area contributed by atoms with E-state index in [2.05, 4.69) is 28.4 Å². The van der Waals surface area contributed by atoms with Crippen LogP contribution in [0.3, 0.4) is 0 Å². The molecule has 1 heterocycles. The molecule has 0 radical (unpaired) electrons. The molecule has 3 nitrogen and oxygen atoms in total. The Hall–Kier alpha value is -1.55. The monoisotopic (exact) mass is 390 g/mol. The molecule has 3 rings (SSSR count). The summed E-state index contributed by atoms with van der Waals surface area (Å²) in [6.07, 6.45) is 3.50. The molecule has 0 aromatic heterocycles. The molecular weight excluding hydrogens is 367 g/mol. The highest BCUT2D eigenvalue weighted by Crippen LogP contribution is 2.26. The van der Waals surface area contributed by atoms with E-state index < -0.39 is 0 Å². The first-order valence-electron chi connectivity index (χ1n) is 9.02. The van der Waals surface area contributed by atoms with Crippen LogP contribution in [-0.4, -0.2) is 23.9 Å². The lowest BCUT2D eigenvalue weighted by atomic mass is 9.90. The molecule has 1 N–H and O–H groups in total. The van der Waals surface area contributed by atoms with Crippen LogP contribution in [0.1, 0.15) is 30.9 Å². The van der Waals surface area contributed by atoms with Gasteiger partial charge in [-0.05, 0) is 73.7 Å². The minimum Gasteiger partial charge on any atom is -0.326 e. The van der Waals surface area contributed by atoms with E-state index in [1.807, 2.05) is 24.3 Å². The van der Waals surface area contributed by atoms with Gasteiger partial charge in [-0.2, -0.15) is 0 Å². The molecule has 2 aromatic rings. The number of piperidine rings is 1. The third-order valence-corrected chi connectivity index (χ3v) is 5.64. The highest BCUT2D eigenvalue weighted by Gasteiger charge is 2.19. The zero-order valence-electron chi connectivity index (χ0n) is 15.0. The highest BCUT2D eigenvalue weighted by molar-refractivity contribution is 6.42. The lowest BCUT2D eigenvalue weighted by Gasteiger charge is -2.32. The molecule has 0 aliphatic carbocycles. The van der Waals surface area contributed by atoms with Crippen molar-refractivity contribution in [2.75, 3.05) is 18.4 Å². The number of nitrogens with zero attached hydrogens (tertiary/aromatic N) is 1. The largest absolute Gasteiger partial charge is 0.326 e. The molecule has 0 spiro atoms. The number of amides is 1. The SMILES string of the molecule is CC(=O)Nc1ccc(CC2CCN(Cc3ccc(Cl)c(Cl)c3)CC2)cc1. The minimum atomic E-state index is -0.0351. The van der Waals surface area contributed by atoms with Crippen LogP contribution in [0.25, 0.3) is 0 Å². The Labute approximate surface area is 165 Å². The van der Waals surface area contributed by atoms with Gasteiger partial charge in [0.25, 0.3) is 0 Å². The fourth-order valence-electron chi connectivity index (χ4n) is 3.51. The summed E-state index contributed by atoms with van der Waals surface area (Å²) >= 11 is 12.1. The van der Waals surface area contributed by atoms with Crippen LogP contribution in [0.5, 0.6) is 0 Å². The minimum absolute atomic E-state index is 0.0351. The van der Waals surface area contributed by atoms with Gasteiger partial charge in [0.2, 0.25) is 5.91 Å². The molecule has 0 bridgehead atoms. The van der Waals surface area contributed by atoms with Gasteiger partial charge in [-0.3, -0.25) is 9.69 Å². The van der Waals surface area contributed by atoms with Crippen molar-refractivity contribution in [2.45, 2.75) is 32.7 Å². The van der Waals surface area contributed by atoms with Crippen LogP contribution >= 0.6 is 23.2 Å². The van der Waals surface area contributed by atoms with Gasteiger partial charge in [-0.15, -0.1) is 0 Å². The van der Waals surface area contributed by atoms with E-state index in [1.165, 1.54) is 30.9 Å². The zero-order chi connectivity index (χ0) is 18.5. The van der Waals surface area contributed by atoms with Crippen molar-refractivity contribution < 1.29 is 4.79 Å². The number of hydrogen-bond donors (Lipinski definition) is 1. The van der Waals surface area contributed by atoms with Crippen molar-refractivity contribution in [3.63, 3.8) is 0 Å². The number of nitrogens with one attached hydrogen (secondary N) is 1. The normalized spacial score (nSPS) is 15.8. The first kappa shape index (κ1) is 19.2. The second kappa shape index (κ2) is 8.90. The van der Waals surface area contributed by atoms with E-state index in [0.29, 0.717) is 16.0 Å². The Balaban J connectivity index is 1.47. The number of carbonyl (C=O) groups excluding carboxylic acids is 1. The Morgan fingerprint density at radius 1 is 1.04 bits per heavy atom. The predicted molar refractivity (Wildman–Crippen MR) is 109 cm³/mol. The molecular formula is C21H24Cl2N2O. The molecule has 5 heteroatoms. The van der Waals surface area contributed by atoms with Gasteiger partial charge in [-0.1, -0.05) is 41.4 Å². The van der Waals surface area contributed by atoms with Crippen molar-refractivity contribution >= 4 is 34.8 Å². The van der Waals surface area contributed by atoms with E-state index in [9.17, 15) is 4.79 Å². The maximum Gasteiger partial charge on any atom is 0.221 e. The van der Waals surface area contributed by atoms with Crippen LogP contribution in [0.15, 0.2) is 42.5 Å². The Kier molecular flexibility index (Phi) is 6.58. The highest BCUT2D eigenvalue weighted by atomic mass is 35.5. The second-order valence-electron chi connectivity index (χ2n) is 7.05. The number of likely N-dealkylation sites (tertiary alicyclic amines) is 1. The molecule has 1 aliphatic heterocycles. The molecule has 26 heavy (non-hydrogen) atoms. The predicted octanol–water partition coefficient (Wildman–Crippen LogP) is 5.41. The maximum absolute atomic E-state index is 11.1. The fraction of sp³-hybridized carbons (Fsp3) is 0.381. The number of rotatable bonds is 5. The van der Waals surface area contributed by atoms with Crippen LogP contribution < -0.4 is 5.32 Å². The average Bonchev–Trinajstić information content (AvgIpc) is 2.61. The summed E-state index contributed by atoms with van der Waals surface area (Å²) in [5.41, 5.74) is 3.41. The van der Waals surface area contributed by atoms with Crippen molar-refractivity contribution in [2.24, 2.45) is 5.92 Å². The quantitative estimate of drug-likeness (QED) is 0.740. The standard InChI is InChI=1S/C21H24Cl2N2O/c1-15(26)24-19-5-2-16(3-6-19)12-17-8-10-25(11-9-17)14-18-4-7-20(22)21(23)13-18/h2-7,13,17H,8-12,14H2,1H3,(H,24,26). The van der Waals surface area contributed by atoms with Gasteiger partial charge in [0.1, 0.15) is 0 Å². The third-order valence-electron chi connectivity index (χ3n) is 4.90. The lowest BCUT2D eigenvalue weighted by Crippen LogP contribution is -2.33. The zero-order valence-corrected chi connectivity index (χ0v) is 16.5. The van der Waals surface area contributed by atoms with E-state index in [4.69, 9.17) is 23.2 Å². The van der Waals surface area contributed by atoms with E-state index >= 15 is 0 Å². The summed E-state index contributed by atoms with van der Waals surface area (Å²) in [7, 11) is 0. The first-order valence-corrected chi connectivity index (χ1v) is 9.78. The number of hydrogen-bond acceptors (Lipinski definition) is 2. The fourth-order valence-corrected chi connectivity index (χ4v) is 3.83. The maximum atomic E-state index is 11.1. The van der Waals surface area contributed by atoms with Gasteiger partial charge in [0.15, 0.2) is 0 Å². The van der Waals surface area contributed by atoms with Crippen LogP contribution in [-0.2, 0) is 17.8 Å². The van der Waals surface area contributed by atoms with Crippen LogP contribution in [0, 0.1) is 5.92 Å². The van der Waals surface area contributed by atoms with Gasteiger partial charge in [0, 0.05) is 19.2 Å². The summed E-state index contributed by atoms with van der Waals surface area (Å²) in [6, 6.07) is 14.1. The molecule has 1 aliphatic rings. The number of anilines is 1. The molecule has 0 atom stereocenters. The lowest BCUT2D eigenvalue weighted by molar-refractivity contribution is -0.114. The summed E-state index contributed by atoms with van der Waals surface area (Å²) in [5, 5.41) is 4.05. The number of halogens is 2. The summed E-state index contributed by atoms with van der Waals surface area (Å²) in [4.78, 5) is 13.6. The van der Waals surface area contributed by atoms with E-state index in [0.717, 1.165) is 31.7 Å². The van der Waals surface area contributed by atoms with Gasteiger partial charge in [0.05, 0.1) is 10.0 Å².